The number of sulfonamides is 1. The Balaban J connectivity index is 1.50. The van der Waals surface area contributed by atoms with E-state index in [1.54, 1.807) is 13.0 Å². The molecule has 0 radical (unpaired) electrons. The van der Waals surface area contributed by atoms with Gasteiger partial charge >= 0.3 is 0 Å². The number of hydrogen-bond acceptors (Lipinski definition) is 5. The molecule has 0 saturated carbocycles. The minimum Gasteiger partial charge on any atom is -0.494 e. The Morgan fingerprint density at radius 3 is 2.42 bits per heavy atom. The van der Waals surface area contributed by atoms with E-state index in [2.05, 4.69) is 14.9 Å². The van der Waals surface area contributed by atoms with Crippen LogP contribution in [0.1, 0.15) is 49.0 Å². The predicted octanol–water partition coefficient (Wildman–Crippen LogP) is 3.31. The number of nitrogens with zero attached hydrogens (tertiary/aromatic N) is 1. The molecule has 2 aromatic rings. The van der Waals surface area contributed by atoms with E-state index in [0.29, 0.717) is 18.5 Å². The number of piperidine rings is 1. The zero-order valence-corrected chi connectivity index (χ0v) is 20.1. The predicted molar refractivity (Wildman–Crippen MR) is 125 cm³/mol. The molecule has 180 valence electrons. The van der Waals surface area contributed by atoms with Crippen molar-refractivity contribution in [2.45, 2.75) is 56.6 Å². The maximum Gasteiger partial charge on any atom is 0.251 e. The number of carbonyl (C=O) groups excluding carboxylic acids is 1. The highest BCUT2D eigenvalue weighted by Gasteiger charge is 2.22. The van der Waals surface area contributed by atoms with Gasteiger partial charge in [-0.25, -0.2) is 17.5 Å². The minimum absolute atomic E-state index is 0.0387. The van der Waals surface area contributed by atoms with E-state index < -0.39 is 10.0 Å². The van der Waals surface area contributed by atoms with Crippen LogP contribution in [0.25, 0.3) is 0 Å². The summed E-state index contributed by atoms with van der Waals surface area (Å²) in [6.45, 7) is 5.93. The Labute approximate surface area is 195 Å². The van der Waals surface area contributed by atoms with Gasteiger partial charge in [0, 0.05) is 37.3 Å². The van der Waals surface area contributed by atoms with Crippen molar-refractivity contribution in [2.24, 2.45) is 0 Å². The van der Waals surface area contributed by atoms with E-state index in [0.717, 1.165) is 31.5 Å². The summed E-state index contributed by atoms with van der Waals surface area (Å²) in [5.41, 5.74) is 1.31. The Hall–Kier alpha value is -2.49. The maximum atomic E-state index is 13.9. The number of ether oxygens (including phenoxy) is 1. The van der Waals surface area contributed by atoms with Crippen LogP contribution in [0.3, 0.4) is 0 Å². The maximum absolute atomic E-state index is 13.9. The van der Waals surface area contributed by atoms with Crippen molar-refractivity contribution in [3.05, 3.63) is 59.4 Å². The summed E-state index contributed by atoms with van der Waals surface area (Å²) in [6.07, 6.45) is 2.26. The summed E-state index contributed by atoms with van der Waals surface area (Å²) < 4.78 is 46.2. The van der Waals surface area contributed by atoms with Gasteiger partial charge in [-0.3, -0.25) is 9.69 Å². The Bertz CT molecular complexity index is 1050. The lowest BCUT2D eigenvalue weighted by Crippen LogP contribution is -2.44. The molecular weight excluding hydrogens is 445 g/mol. The van der Waals surface area contributed by atoms with Gasteiger partial charge in [0.15, 0.2) is 11.6 Å². The molecule has 1 atom stereocenters. The quantitative estimate of drug-likeness (QED) is 0.579. The van der Waals surface area contributed by atoms with Crippen molar-refractivity contribution in [1.29, 1.82) is 0 Å². The average Bonchev–Trinajstić information content (AvgIpc) is 2.80. The molecule has 1 saturated heterocycles. The van der Waals surface area contributed by atoms with Crippen molar-refractivity contribution in [1.82, 2.24) is 14.9 Å². The van der Waals surface area contributed by atoms with Crippen LogP contribution in [0.4, 0.5) is 4.39 Å². The van der Waals surface area contributed by atoms with Crippen molar-refractivity contribution in [2.75, 3.05) is 20.2 Å². The topological polar surface area (TPSA) is 87.7 Å². The van der Waals surface area contributed by atoms with E-state index >= 15 is 0 Å². The number of amides is 1. The van der Waals surface area contributed by atoms with Gasteiger partial charge in [0.25, 0.3) is 5.91 Å². The fraction of sp³-hybridized carbons (Fsp3) is 0.458. The second kappa shape index (κ2) is 11.1. The van der Waals surface area contributed by atoms with Gasteiger partial charge < -0.3 is 10.1 Å². The van der Waals surface area contributed by atoms with Crippen LogP contribution in [-0.2, 0) is 16.6 Å². The molecule has 2 aromatic carbocycles. The first-order valence-corrected chi connectivity index (χ1v) is 12.7. The van der Waals surface area contributed by atoms with Crippen LogP contribution in [0.2, 0.25) is 0 Å². The summed E-state index contributed by atoms with van der Waals surface area (Å²) >= 11 is 0. The number of likely N-dealkylation sites (tertiary alicyclic amines) is 1. The smallest absolute Gasteiger partial charge is 0.251 e. The van der Waals surface area contributed by atoms with Crippen LogP contribution >= 0.6 is 0 Å². The lowest BCUT2D eigenvalue weighted by atomic mass is 10.0. The van der Waals surface area contributed by atoms with E-state index in [-0.39, 0.29) is 34.5 Å². The van der Waals surface area contributed by atoms with Crippen molar-refractivity contribution >= 4 is 15.9 Å². The molecule has 1 aliphatic rings. The first-order chi connectivity index (χ1) is 15.7. The number of halogens is 1. The third kappa shape index (κ3) is 6.75. The van der Waals surface area contributed by atoms with E-state index in [1.807, 2.05) is 13.0 Å². The van der Waals surface area contributed by atoms with Crippen LogP contribution in [0.5, 0.6) is 5.75 Å². The largest absolute Gasteiger partial charge is 0.494 e. The van der Waals surface area contributed by atoms with Crippen molar-refractivity contribution in [3.8, 4) is 5.75 Å². The van der Waals surface area contributed by atoms with Gasteiger partial charge in [0.05, 0.1) is 12.0 Å². The van der Waals surface area contributed by atoms with Crippen molar-refractivity contribution in [3.63, 3.8) is 0 Å². The molecule has 0 bridgehead atoms. The molecule has 3 rings (SSSR count). The Morgan fingerprint density at radius 1 is 1.18 bits per heavy atom. The van der Waals surface area contributed by atoms with E-state index in [4.69, 9.17) is 4.74 Å². The normalized spacial score (nSPS) is 16.4. The summed E-state index contributed by atoms with van der Waals surface area (Å²) in [5, 5.41) is 3.04. The highest BCUT2D eigenvalue weighted by molar-refractivity contribution is 7.89. The minimum atomic E-state index is -3.60. The first-order valence-electron chi connectivity index (χ1n) is 11.2. The van der Waals surface area contributed by atoms with Gasteiger partial charge in [0.2, 0.25) is 10.0 Å². The number of rotatable bonds is 9. The number of carbonyl (C=O) groups is 1. The van der Waals surface area contributed by atoms with Gasteiger partial charge in [-0.15, -0.1) is 0 Å². The number of methoxy groups -OCH3 is 1. The van der Waals surface area contributed by atoms with Gasteiger partial charge in [-0.2, -0.15) is 0 Å². The van der Waals surface area contributed by atoms with Crippen LogP contribution in [0.15, 0.2) is 47.4 Å². The standard InChI is InChI=1S/C24H32FN3O4S/c1-4-17(2)27-33(30,31)21-8-6-19(7-9-21)24(29)26-20-11-13-28(14-12-20)16-18-5-10-23(32-3)22(25)15-18/h5-10,15,17,20,27H,4,11-14,16H2,1-3H3,(H,26,29). The lowest BCUT2D eigenvalue weighted by Gasteiger charge is -2.32. The number of hydrogen-bond donors (Lipinski definition) is 2. The Kier molecular flexibility index (Phi) is 8.45. The first kappa shape index (κ1) is 25.1. The number of benzene rings is 2. The summed E-state index contributed by atoms with van der Waals surface area (Å²) in [6, 6.07) is 10.8. The lowest BCUT2D eigenvalue weighted by molar-refractivity contribution is 0.0908. The highest BCUT2D eigenvalue weighted by atomic mass is 32.2. The van der Waals surface area contributed by atoms with Gasteiger partial charge in [-0.1, -0.05) is 13.0 Å². The van der Waals surface area contributed by atoms with E-state index in [9.17, 15) is 17.6 Å². The SMILES string of the molecule is CCC(C)NS(=O)(=O)c1ccc(C(=O)NC2CCN(Cc3ccc(OC)c(F)c3)CC2)cc1. The third-order valence-electron chi connectivity index (χ3n) is 5.94. The second-order valence-electron chi connectivity index (χ2n) is 8.45. The van der Waals surface area contributed by atoms with Crippen molar-refractivity contribution < 1.29 is 22.3 Å². The molecule has 9 heteroatoms. The zero-order chi connectivity index (χ0) is 24.0. The van der Waals surface area contributed by atoms with Gasteiger partial charge in [-0.05, 0) is 68.1 Å². The van der Waals surface area contributed by atoms with E-state index in [1.165, 1.54) is 37.4 Å². The molecule has 0 spiro atoms. The molecule has 1 unspecified atom stereocenters. The molecular formula is C24H32FN3O4S. The summed E-state index contributed by atoms with van der Waals surface area (Å²) in [4.78, 5) is 15.0. The second-order valence-corrected chi connectivity index (χ2v) is 10.2. The molecule has 1 aliphatic heterocycles. The average molecular weight is 478 g/mol. The van der Waals surface area contributed by atoms with Crippen LogP contribution in [0, 0.1) is 5.82 Å². The Morgan fingerprint density at radius 2 is 1.85 bits per heavy atom. The van der Waals surface area contributed by atoms with Gasteiger partial charge in [0.1, 0.15) is 0 Å². The van der Waals surface area contributed by atoms with Crippen LogP contribution in [-0.4, -0.2) is 51.5 Å². The summed E-state index contributed by atoms with van der Waals surface area (Å²) in [5.74, 6) is -0.353. The molecule has 0 aromatic heterocycles. The molecule has 7 nitrogen and oxygen atoms in total. The highest BCUT2D eigenvalue weighted by Crippen LogP contribution is 2.20. The molecule has 1 amide bonds. The molecule has 33 heavy (non-hydrogen) atoms. The third-order valence-corrected chi connectivity index (χ3v) is 7.55. The summed E-state index contributed by atoms with van der Waals surface area (Å²) in [7, 11) is -2.15. The van der Waals surface area contributed by atoms with Crippen LogP contribution < -0.4 is 14.8 Å². The monoisotopic (exact) mass is 477 g/mol. The fourth-order valence-corrected chi connectivity index (χ4v) is 5.10. The molecule has 0 aliphatic carbocycles. The number of nitrogens with one attached hydrogen (secondary N) is 2. The molecule has 2 N–H and O–H groups in total. The molecule has 1 heterocycles. The fourth-order valence-electron chi connectivity index (χ4n) is 3.77. The molecule has 1 fully saturated rings. The zero-order valence-electron chi connectivity index (χ0n) is 19.3.